The number of nitro groups is 1. The molecular formula is C23H23NO5. The molecule has 1 aliphatic rings. The molecule has 0 aromatic heterocycles. The van der Waals surface area contributed by atoms with E-state index in [4.69, 9.17) is 4.74 Å². The van der Waals surface area contributed by atoms with E-state index in [1.807, 2.05) is 12.1 Å². The first-order valence-electron chi connectivity index (χ1n) is 9.75. The van der Waals surface area contributed by atoms with Gasteiger partial charge < -0.3 is 4.74 Å². The summed E-state index contributed by atoms with van der Waals surface area (Å²) in [6.07, 6.45) is 8.90. The molecule has 1 saturated carbocycles. The van der Waals surface area contributed by atoms with Crippen LogP contribution in [0.25, 0.3) is 6.08 Å². The Morgan fingerprint density at radius 2 is 1.66 bits per heavy atom. The minimum atomic E-state index is -0.643. The number of carbonyl (C=O) groups excluding carboxylic acids is 2. The summed E-state index contributed by atoms with van der Waals surface area (Å²) in [4.78, 5) is 34.2. The zero-order chi connectivity index (χ0) is 20.6. The molecular weight excluding hydrogens is 370 g/mol. The van der Waals surface area contributed by atoms with Crippen molar-refractivity contribution < 1.29 is 19.2 Å². The van der Waals surface area contributed by atoms with Gasteiger partial charge in [-0.3, -0.25) is 14.9 Å². The van der Waals surface area contributed by atoms with Crippen LogP contribution in [-0.4, -0.2) is 23.3 Å². The molecule has 0 spiro atoms. The first-order chi connectivity index (χ1) is 14.0. The average Bonchev–Trinajstić information content (AvgIpc) is 2.77. The van der Waals surface area contributed by atoms with Gasteiger partial charge in [-0.1, -0.05) is 43.5 Å². The van der Waals surface area contributed by atoms with Gasteiger partial charge in [0.05, 0.1) is 4.92 Å². The Balaban J connectivity index is 1.49. The maximum Gasteiger partial charge on any atom is 0.331 e. The van der Waals surface area contributed by atoms with Gasteiger partial charge in [0, 0.05) is 23.8 Å². The van der Waals surface area contributed by atoms with Crippen LogP contribution >= 0.6 is 0 Å². The zero-order valence-corrected chi connectivity index (χ0v) is 16.1. The number of ketones is 1. The van der Waals surface area contributed by atoms with Crippen LogP contribution in [0.15, 0.2) is 54.6 Å². The Labute approximate surface area is 169 Å². The van der Waals surface area contributed by atoms with E-state index in [-0.39, 0.29) is 18.1 Å². The van der Waals surface area contributed by atoms with Gasteiger partial charge in [-0.2, -0.15) is 0 Å². The SMILES string of the molecule is O=C(C=Cc1ccc([N+](=O)[O-])cc1)OCC(=O)c1ccc(C2CCCCC2)cc1. The lowest BCUT2D eigenvalue weighted by Crippen LogP contribution is -2.13. The van der Waals surface area contributed by atoms with E-state index in [0.29, 0.717) is 17.0 Å². The molecule has 150 valence electrons. The van der Waals surface area contributed by atoms with E-state index in [1.54, 1.807) is 12.1 Å². The molecule has 0 saturated heterocycles. The molecule has 1 fully saturated rings. The minimum Gasteiger partial charge on any atom is -0.454 e. The quantitative estimate of drug-likeness (QED) is 0.215. The highest BCUT2D eigenvalue weighted by Gasteiger charge is 2.16. The molecule has 0 radical (unpaired) electrons. The smallest absolute Gasteiger partial charge is 0.331 e. The van der Waals surface area contributed by atoms with E-state index in [1.165, 1.54) is 74.1 Å². The molecule has 1 aliphatic carbocycles. The highest BCUT2D eigenvalue weighted by molar-refractivity contribution is 5.98. The summed E-state index contributed by atoms with van der Waals surface area (Å²) >= 11 is 0. The van der Waals surface area contributed by atoms with Crippen LogP contribution in [0.3, 0.4) is 0 Å². The molecule has 0 aliphatic heterocycles. The van der Waals surface area contributed by atoms with Gasteiger partial charge in [-0.25, -0.2) is 4.79 Å². The van der Waals surface area contributed by atoms with Crippen molar-refractivity contribution in [2.24, 2.45) is 0 Å². The summed E-state index contributed by atoms with van der Waals surface area (Å²) in [6, 6.07) is 13.4. The number of rotatable bonds is 7. The largest absolute Gasteiger partial charge is 0.454 e. The second-order valence-electron chi connectivity index (χ2n) is 7.17. The highest BCUT2D eigenvalue weighted by Crippen LogP contribution is 2.32. The second kappa shape index (κ2) is 9.78. The first kappa shape index (κ1) is 20.5. The molecule has 0 amide bonds. The number of nitrogens with zero attached hydrogens (tertiary/aromatic N) is 1. The van der Waals surface area contributed by atoms with Crippen LogP contribution in [0.2, 0.25) is 0 Å². The Hall–Kier alpha value is -3.28. The van der Waals surface area contributed by atoms with Crippen molar-refractivity contribution >= 4 is 23.5 Å². The molecule has 0 bridgehead atoms. The van der Waals surface area contributed by atoms with Gasteiger partial charge in [0.1, 0.15) is 0 Å². The van der Waals surface area contributed by atoms with Gasteiger partial charge in [0.2, 0.25) is 0 Å². The third kappa shape index (κ3) is 5.85. The average molecular weight is 393 g/mol. The Bertz CT molecular complexity index is 894. The van der Waals surface area contributed by atoms with Gasteiger partial charge in [0.15, 0.2) is 12.4 Å². The van der Waals surface area contributed by atoms with E-state index < -0.39 is 10.9 Å². The third-order valence-corrected chi connectivity index (χ3v) is 5.17. The number of hydrogen-bond donors (Lipinski definition) is 0. The van der Waals surface area contributed by atoms with E-state index >= 15 is 0 Å². The van der Waals surface area contributed by atoms with Crippen LogP contribution in [0.4, 0.5) is 5.69 Å². The fourth-order valence-corrected chi connectivity index (χ4v) is 3.52. The highest BCUT2D eigenvalue weighted by atomic mass is 16.6. The van der Waals surface area contributed by atoms with Crippen molar-refractivity contribution in [2.45, 2.75) is 38.0 Å². The fraction of sp³-hybridized carbons (Fsp3) is 0.304. The molecule has 0 unspecified atom stereocenters. The number of hydrogen-bond acceptors (Lipinski definition) is 5. The van der Waals surface area contributed by atoms with Gasteiger partial charge in [-0.15, -0.1) is 0 Å². The molecule has 6 nitrogen and oxygen atoms in total. The Morgan fingerprint density at radius 1 is 1.00 bits per heavy atom. The van der Waals surface area contributed by atoms with Crippen molar-refractivity contribution in [3.05, 3.63) is 81.4 Å². The lowest BCUT2D eigenvalue weighted by Gasteiger charge is -2.22. The Morgan fingerprint density at radius 3 is 2.28 bits per heavy atom. The normalized spacial score (nSPS) is 14.6. The molecule has 0 atom stereocenters. The number of esters is 1. The summed E-state index contributed by atoms with van der Waals surface area (Å²) in [5.41, 5.74) is 2.39. The lowest BCUT2D eigenvalue weighted by atomic mass is 9.84. The van der Waals surface area contributed by atoms with Crippen molar-refractivity contribution in [1.82, 2.24) is 0 Å². The van der Waals surface area contributed by atoms with Crippen LogP contribution in [0.5, 0.6) is 0 Å². The number of nitro benzene ring substituents is 1. The van der Waals surface area contributed by atoms with Crippen LogP contribution in [0, 0.1) is 10.1 Å². The monoisotopic (exact) mass is 393 g/mol. The molecule has 3 rings (SSSR count). The van der Waals surface area contributed by atoms with Crippen LogP contribution in [-0.2, 0) is 9.53 Å². The lowest BCUT2D eigenvalue weighted by molar-refractivity contribution is -0.384. The van der Waals surface area contributed by atoms with Crippen LogP contribution < -0.4 is 0 Å². The first-order valence-corrected chi connectivity index (χ1v) is 9.75. The summed E-state index contributed by atoms with van der Waals surface area (Å²) < 4.78 is 5.00. The predicted molar refractivity (Wildman–Crippen MR) is 110 cm³/mol. The standard InChI is InChI=1S/C23H23NO5/c25-22(20-11-9-19(10-12-20)18-4-2-1-3-5-18)16-29-23(26)15-8-17-6-13-21(14-7-17)24(27)28/h6-15,18H,1-5,16H2. The summed E-state index contributed by atoms with van der Waals surface area (Å²) in [5.74, 6) is -0.317. The maximum absolute atomic E-state index is 12.2. The number of carbonyl (C=O) groups is 2. The summed E-state index contributed by atoms with van der Waals surface area (Å²) in [6.45, 7) is -0.327. The van der Waals surface area contributed by atoms with E-state index in [9.17, 15) is 19.7 Å². The third-order valence-electron chi connectivity index (χ3n) is 5.17. The maximum atomic E-state index is 12.2. The van der Waals surface area contributed by atoms with Crippen molar-refractivity contribution in [3.8, 4) is 0 Å². The topological polar surface area (TPSA) is 86.5 Å². The number of Topliss-reactive ketones (excluding diaryl/α,β-unsaturated/α-hetero) is 1. The number of ether oxygens (including phenoxy) is 1. The van der Waals surface area contributed by atoms with Gasteiger partial charge in [-0.05, 0) is 48.1 Å². The van der Waals surface area contributed by atoms with Crippen molar-refractivity contribution in [3.63, 3.8) is 0 Å². The van der Waals surface area contributed by atoms with Crippen LogP contribution in [0.1, 0.15) is 59.5 Å². The molecule has 29 heavy (non-hydrogen) atoms. The van der Waals surface area contributed by atoms with E-state index in [0.717, 1.165) is 0 Å². The van der Waals surface area contributed by atoms with Crippen molar-refractivity contribution in [1.29, 1.82) is 0 Å². The number of non-ortho nitro benzene ring substituents is 1. The predicted octanol–water partition coefficient (Wildman–Crippen LogP) is 5.08. The summed E-state index contributed by atoms with van der Waals surface area (Å²) in [5, 5.41) is 10.6. The molecule has 6 heteroatoms. The van der Waals surface area contributed by atoms with Crippen molar-refractivity contribution in [2.75, 3.05) is 6.61 Å². The minimum absolute atomic E-state index is 0.0233. The molecule has 0 N–H and O–H groups in total. The van der Waals surface area contributed by atoms with Gasteiger partial charge in [0.25, 0.3) is 5.69 Å². The molecule has 2 aromatic rings. The summed E-state index contributed by atoms with van der Waals surface area (Å²) in [7, 11) is 0. The molecule has 0 heterocycles. The molecule has 2 aromatic carbocycles. The zero-order valence-electron chi connectivity index (χ0n) is 16.1. The second-order valence-corrected chi connectivity index (χ2v) is 7.17. The fourth-order valence-electron chi connectivity index (χ4n) is 3.52. The van der Waals surface area contributed by atoms with Gasteiger partial charge >= 0.3 is 5.97 Å². The number of benzene rings is 2. The van der Waals surface area contributed by atoms with E-state index in [2.05, 4.69) is 0 Å². The Kier molecular flexibility index (Phi) is 6.89.